The minimum absolute atomic E-state index is 0.0799. The Labute approximate surface area is 214 Å². The average Bonchev–Trinajstić information content (AvgIpc) is 3.32. The van der Waals surface area contributed by atoms with Gasteiger partial charge in [0.15, 0.2) is 16.3 Å². The number of ether oxygens (including phenoxy) is 2. The number of benzene rings is 2. The summed E-state index contributed by atoms with van der Waals surface area (Å²) in [7, 11) is 0. The summed E-state index contributed by atoms with van der Waals surface area (Å²) in [5.74, 6) is 0.854. The Kier molecular flexibility index (Phi) is 6.48. The van der Waals surface area contributed by atoms with Gasteiger partial charge in [-0.05, 0) is 55.2 Å². The Bertz CT molecular complexity index is 1480. The van der Waals surface area contributed by atoms with Gasteiger partial charge < -0.3 is 24.5 Å². The summed E-state index contributed by atoms with van der Waals surface area (Å²) in [6, 6.07) is 7.96. The standard InChI is InChI=1S/C25H24F3N3O5S/c26-25(27,28)16-4-1-3-15(11-16)24(34)6-9-30(10-7-24)21(32)5-2-8-31-22(33)17-12-19-20(36-14-35-19)13-18(17)29-23(31)37/h1,3-4,11-13,34H,2,5-10,14H2,(H,29,37). The van der Waals surface area contributed by atoms with Crippen LogP contribution in [0.4, 0.5) is 13.2 Å². The van der Waals surface area contributed by atoms with Gasteiger partial charge in [-0.15, -0.1) is 0 Å². The maximum atomic E-state index is 13.1. The first-order valence-electron chi connectivity index (χ1n) is 11.8. The van der Waals surface area contributed by atoms with Gasteiger partial charge in [-0.2, -0.15) is 13.2 Å². The highest BCUT2D eigenvalue weighted by Crippen LogP contribution is 2.37. The van der Waals surface area contributed by atoms with Gasteiger partial charge in [0.05, 0.1) is 22.1 Å². The van der Waals surface area contributed by atoms with Crippen LogP contribution in [0.3, 0.4) is 0 Å². The molecule has 0 unspecified atom stereocenters. The van der Waals surface area contributed by atoms with Crippen LogP contribution in [-0.2, 0) is 23.1 Å². The van der Waals surface area contributed by atoms with Crippen LogP contribution in [-0.4, -0.2) is 45.3 Å². The predicted molar refractivity (Wildman–Crippen MR) is 130 cm³/mol. The molecule has 37 heavy (non-hydrogen) atoms. The first-order valence-corrected chi connectivity index (χ1v) is 12.2. The fraction of sp³-hybridized carbons (Fsp3) is 0.400. The van der Waals surface area contributed by atoms with Gasteiger partial charge in [0.2, 0.25) is 12.7 Å². The summed E-state index contributed by atoms with van der Waals surface area (Å²) >= 11 is 5.34. The van der Waals surface area contributed by atoms with Crippen LogP contribution < -0.4 is 15.0 Å². The van der Waals surface area contributed by atoms with E-state index in [1.165, 1.54) is 16.7 Å². The molecular weight excluding hydrogens is 511 g/mol. The van der Waals surface area contributed by atoms with Gasteiger partial charge in [-0.1, -0.05) is 12.1 Å². The zero-order valence-corrected chi connectivity index (χ0v) is 20.5. The zero-order chi connectivity index (χ0) is 26.4. The highest BCUT2D eigenvalue weighted by atomic mass is 32.1. The molecule has 3 heterocycles. The second-order valence-corrected chi connectivity index (χ2v) is 9.62. The summed E-state index contributed by atoms with van der Waals surface area (Å²) in [5, 5.41) is 11.4. The second-order valence-electron chi connectivity index (χ2n) is 9.23. The maximum absolute atomic E-state index is 13.1. The van der Waals surface area contributed by atoms with E-state index in [2.05, 4.69) is 4.98 Å². The normalized spacial score (nSPS) is 16.8. The topological polar surface area (TPSA) is 96.8 Å². The van der Waals surface area contributed by atoms with E-state index in [0.717, 1.165) is 12.1 Å². The van der Waals surface area contributed by atoms with Crippen LogP contribution in [0, 0.1) is 4.77 Å². The largest absolute Gasteiger partial charge is 0.454 e. The van der Waals surface area contributed by atoms with Crippen LogP contribution in [0.5, 0.6) is 11.5 Å². The van der Waals surface area contributed by atoms with E-state index in [4.69, 9.17) is 21.7 Å². The Hall–Kier alpha value is -3.38. The number of fused-ring (bicyclic) bond motifs is 2. The van der Waals surface area contributed by atoms with Crippen LogP contribution in [0.15, 0.2) is 41.2 Å². The summed E-state index contributed by atoms with van der Waals surface area (Å²) in [6.07, 6.45) is -3.72. The average molecular weight is 536 g/mol. The number of H-pyrrole nitrogens is 1. The number of likely N-dealkylation sites (tertiary alicyclic amines) is 1. The van der Waals surface area contributed by atoms with Crippen molar-refractivity contribution < 1.29 is 32.5 Å². The van der Waals surface area contributed by atoms with Crippen LogP contribution in [0.1, 0.15) is 36.8 Å². The molecular formula is C25H24F3N3O5S. The lowest BCUT2D eigenvalue weighted by atomic mass is 9.83. The number of carbonyl (C=O) groups excluding carboxylic acids is 1. The Morgan fingerprint density at radius 2 is 1.84 bits per heavy atom. The summed E-state index contributed by atoms with van der Waals surface area (Å²) in [4.78, 5) is 30.4. The number of nitrogens with zero attached hydrogens (tertiary/aromatic N) is 2. The van der Waals surface area contributed by atoms with E-state index >= 15 is 0 Å². The molecule has 0 saturated carbocycles. The third kappa shape index (κ3) is 4.95. The van der Waals surface area contributed by atoms with Gasteiger partial charge in [0.1, 0.15) is 0 Å². The van der Waals surface area contributed by atoms with Crippen LogP contribution in [0.25, 0.3) is 10.9 Å². The highest BCUT2D eigenvalue weighted by Gasteiger charge is 2.37. The van der Waals surface area contributed by atoms with Crippen molar-refractivity contribution in [3.05, 3.63) is 62.6 Å². The summed E-state index contributed by atoms with van der Waals surface area (Å²) < 4.78 is 51.5. The fourth-order valence-corrected chi connectivity index (χ4v) is 5.08. The highest BCUT2D eigenvalue weighted by molar-refractivity contribution is 7.71. The Morgan fingerprint density at radius 1 is 1.14 bits per heavy atom. The molecule has 3 aromatic rings. The van der Waals surface area contributed by atoms with Crippen molar-refractivity contribution in [2.45, 2.75) is 44.0 Å². The van der Waals surface area contributed by atoms with Crippen molar-refractivity contribution in [2.24, 2.45) is 0 Å². The molecule has 1 amide bonds. The number of hydrogen-bond donors (Lipinski definition) is 2. The number of piperidine rings is 1. The SMILES string of the molecule is O=C(CCCn1c(=S)[nH]c2cc3c(cc2c1=O)OCO3)N1CCC(O)(c2cccc(C(F)(F)F)c2)CC1. The van der Waals surface area contributed by atoms with E-state index in [-0.39, 0.29) is 67.5 Å². The molecule has 12 heteroatoms. The van der Waals surface area contributed by atoms with Gasteiger partial charge >= 0.3 is 6.18 Å². The molecule has 0 radical (unpaired) electrons. The molecule has 0 aliphatic carbocycles. The lowest BCUT2D eigenvalue weighted by Crippen LogP contribution is -2.45. The lowest BCUT2D eigenvalue weighted by molar-refractivity contribution is -0.137. The second kappa shape index (κ2) is 9.49. The van der Waals surface area contributed by atoms with E-state index in [0.29, 0.717) is 28.8 Å². The minimum Gasteiger partial charge on any atom is -0.454 e. The molecule has 0 atom stereocenters. The van der Waals surface area contributed by atoms with Crippen molar-refractivity contribution in [1.29, 1.82) is 0 Å². The summed E-state index contributed by atoms with van der Waals surface area (Å²) in [5.41, 5.74) is -1.81. The quantitative estimate of drug-likeness (QED) is 0.478. The number of halogens is 3. The monoisotopic (exact) mass is 535 g/mol. The molecule has 1 fully saturated rings. The zero-order valence-electron chi connectivity index (χ0n) is 19.6. The van der Waals surface area contributed by atoms with E-state index in [1.54, 1.807) is 17.0 Å². The molecule has 5 rings (SSSR count). The summed E-state index contributed by atoms with van der Waals surface area (Å²) in [6.45, 7) is 0.742. The van der Waals surface area contributed by atoms with Crippen molar-refractivity contribution in [2.75, 3.05) is 19.9 Å². The van der Waals surface area contributed by atoms with E-state index in [1.807, 2.05) is 0 Å². The van der Waals surface area contributed by atoms with Gasteiger partial charge in [0, 0.05) is 32.1 Å². The molecule has 0 spiro atoms. The minimum atomic E-state index is -4.50. The lowest BCUT2D eigenvalue weighted by Gasteiger charge is -2.38. The van der Waals surface area contributed by atoms with Crippen molar-refractivity contribution in [3.63, 3.8) is 0 Å². The van der Waals surface area contributed by atoms with Crippen LogP contribution in [0.2, 0.25) is 0 Å². The third-order valence-electron chi connectivity index (χ3n) is 6.92. The Morgan fingerprint density at radius 3 is 2.54 bits per heavy atom. The van der Waals surface area contributed by atoms with E-state index in [9.17, 15) is 27.9 Å². The first kappa shape index (κ1) is 25.3. The number of alkyl halides is 3. The van der Waals surface area contributed by atoms with Gasteiger partial charge in [-0.3, -0.25) is 14.2 Å². The number of aromatic nitrogens is 2. The molecule has 1 saturated heterocycles. The number of amides is 1. The first-order chi connectivity index (χ1) is 17.5. The number of aliphatic hydroxyl groups is 1. The molecule has 2 aliphatic heterocycles. The van der Waals surface area contributed by atoms with Gasteiger partial charge in [0.25, 0.3) is 5.56 Å². The molecule has 196 valence electrons. The smallest absolute Gasteiger partial charge is 0.416 e. The number of hydrogen-bond acceptors (Lipinski definition) is 6. The number of nitrogens with one attached hydrogen (secondary N) is 1. The molecule has 2 aromatic carbocycles. The maximum Gasteiger partial charge on any atom is 0.416 e. The molecule has 2 N–H and O–H groups in total. The Balaban J connectivity index is 1.20. The molecule has 8 nitrogen and oxygen atoms in total. The molecule has 2 aliphatic rings. The number of carbonyl (C=O) groups is 1. The van der Waals surface area contributed by atoms with E-state index < -0.39 is 17.3 Å². The molecule has 1 aromatic heterocycles. The number of aromatic amines is 1. The van der Waals surface area contributed by atoms with Crippen molar-refractivity contribution >= 4 is 29.0 Å². The molecule has 0 bridgehead atoms. The third-order valence-corrected chi connectivity index (χ3v) is 7.24. The van der Waals surface area contributed by atoms with Gasteiger partial charge in [-0.25, -0.2) is 0 Å². The number of rotatable bonds is 5. The predicted octanol–water partition coefficient (Wildman–Crippen LogP) is 4.10. The van der Waals surface area contributed by atoms with Crippen molar-refractivity contribution in [3.8, 4) is 11.5 Å². The van der Waals surface area contributed by atoms with Crippen molar-refractivity contribution in [1.82, 2.24) is 14.5 Å². The fourth-order valence-electron chi connectivity index (χ4n) is 4.79. The van der Waals surface area contributed by atoms with Crippen LogP contribution >= 0.6 is 12.2 Å².